The van der Waals surface area contributed by atoms with Crippen molar-refractivity contribution in [3.05, 3.63) is 23.8 Å². The Kier molecular flexibility index (Phi) is 9.13. The fourth-order valence-electron chi connectivity index (χ4n) is 2.25. The molecule has 23 heavy (non-hydrogen) atoms. The lowest BCUT2D eigenvalue weighted by molar-refractivity contribution is 0.354. The third-order valence-corrected chi connectivity index (χ3v) is 3.60. The maximum Gasteiger partial charge on any atom is 0.191 e. The van der Waals surface area contributed by atoms with Gasteiger partial charge in [0.1, 0.15) is 0 Å². The normalized spacial score (nSPS) is 14.0. The van der Waals surface area contributed by atoms with Gasteiger partial charge >= 0.3 is 0 Å². The third-order valence-electron chi connectivity index (χ3n) is 3.60. The number of benzene rings is 1. The number of methoxy groups -OCH3 is 2. The van der Waals surface area contributed by atoms with E-state index in [9.17, 15) is 0 Å². The van der Waals surface area contributed by atoms with E-state index in [1.165, 1.54) is 18.4 Å². The van der Waals surface area contributed by atoms with E-state index < -0.39 is 0 Å². The quantitative estimate of drug-likeness (QED) is 0.287. The smallest absolute Gasteiger partial charge is 0.191 e. The van der Waals surface area contributed by atoms with E-state index in [1.807, 2.05) is 12.1 Å². The lowest BCUT2D eigenvalue weighted by Crippen LogP contribution is -2.38. The number of nitrogens with zero attached hydrogens (tertiary/aromatic N) is 1. The van der Waals surface area contributed by atoms with Crippen LogP contribution < -0.4 is 20.1 Å². The van der Waals surface area contributed by atoms with Crippen LogP contribution in [-0.2, 0) is 6.42 Å². The number of rotatable bonds is 8. The topological polar surface area (TPSA) is 54.9 Å². The molecule has 0 heterocycles. The number of aryl methyl sites for hydroxylation is 1. The highest BCUT2D eigenvalue weighted by Gasteiger charge is 2.21. The zero-order valence-electron chi connectivity index (χ0n) is 14.2. The Morgan fingerprint density at radius 2 is 1.96 bits per heavy atom. The maximum absolute atomic E-state index is 5.33. The lowest BCUT2D eigenvalue weighted by Gasteiger charge is -2.11. The van der Waals surface area contributed by atoms with Crippen LogP contribution in [0.2, 0.25) is 0 Å². The number of hydrogen-bond donors (Lipinski definition) is 2. The summed E-state index contributed by atoms with van der Waals surface area (Å²) in [7, 11) is 3.32. The van der Waals surface area contributed by atoms with Gasteiger partial charge in [0.05, 0.1) is 14.2 Å². The third kappa shape index (κ3) is 6.85. The minimum Gasteiger partial charge on any atom is -0.493 e. The van der Waals surface area contributed by atoms with E-state index in [0.717, 1.165) is 43.4 Å². The summed E-state index contributed by atoms with van der Waals surface area (Å²) in [5.74, 6) is 2.50. The SMILES string of the molecule is CCNC(=NCCCc1ccc(OC)c(OC)c1)NC1CC1.I. The first kappa shape index (κ1) is 19.9. The summed E-state index contributed by atoms with van der Waals surface area (Å²) in [5, 5.41) is 6.71. The fourth-order valence-corrected chi connectivity index (χ4v) is 2.25. The molecule has 2 N–H and O–H groups in total. The summed E-state index contributed by atoms with van der Waals surface area (Å²) in [6.45, 7) is 3.80. The zero-order chi connectivity index (χ0) is 15.8. The summed E-state index contributed by atoms with van der Waals surface area (Å²) in [6.07, 6.45) is 4.51. The molecule has 1 aromatic carbocycles. The van der Waals surface area contributed by atoms with Crippen LogP contribution in [0, 0.1) is 0 Å². The van der Waals surface area contributed by atoms with Gasteiger partial charge in [-0.1, -0.05) is 6.07 Å². The van der Waals surface area contributed by atoms with E-state index >= 15 is 0 Å². The number of hydrogen-bond acceptors (Lipinski definition) is 3. The molecule has 0 saturated heterocycles. The average Bonchev–Trinajstić information content (AvgIpc) is 3.35. The van der Waals surface area contributed by atoms with Gasteiger partial charge in [0.2, 0.25) is 0 Å². The zero-order valence-corrected chi connectivity index (χ0v) is 16.6. The van der Waals surface area contributed by atoms with E-state index in [4.69, 9.17) is 9.47 Å². The van der Waals surface area contributed by atoms with Gasteiger partial charge in [0.25, 0.3) is 0 Å². The van der Waals surface area contributed by atoms with Crippen molar-refractivity contribution >= 4 is 29.9 Å². The molecular weight excluding hydrogens is 405 g/mol. The number of guanidine groups is 1. The van der Waals surface area contributed by atoms with Crippen molar-refractivity contribution in [2.75, 3.05) is 27.3 Å². The van der Waals surface area contributed by atoms with Crippen LogP contribution in [0.3, 0.4) is 0 Å². The monoisotopic (exact) mass is 433 g/mol. The number of aliphatic imine (C=N–C) groups is 1. The molecule has 2 rings (SSSR count). The summed E-state index contributed by atoms with van der Waals surface area (Å²) in [5.41, 5.74) is 1.24. The summed E-state index contributed by atoms with van der Waals surface area (Å²) < 4.78 is 10.6. The predicted molar refractivity (Wildman–Crippen MR) is 105 cm³/mol. The van der Waals surface area contributed by atoms with E-state index in [2.05, 4.69) is 28.6 Å². The van der Waals surface area contributed by atoms with Gasteiger partial charge in [-0.15, -0.1) is 24.0 Å². The second-order valence-electron chi connectivity index (χ2n) is 5.47. The molecule has 0 spiro atoms. The highest BCUT2D eigenvalue weighted by molar-refractivity contribution is 14.0. The number of ether oxygens (including phenoxy) is 2. The first-order valence-corrected chi connectivity index (χ1v) is 8.02. The van der Waals surface area contributed by atoms with Crippen molar-refractivity contribution in [2.45, 2.75) is 38.6 Å². The minimum absolute atomic E-state index is 0. The molecule has 1 aromatic rings. The number of nitrogens with one attached hydrogen (secondary N) is 2. The van der Waals surface area contributed by atoms with Gasteiger partial charge in [0, 0.05) is 19.1 Å². The summed E-state index contributed by atoms with van der Waals surface area (Å²) >= 11 is 0. The molecule has 0 atom stereocenters. The highest BCUT2D eigenvalue weighted by Crippen LogP contribution is 2.27. The van der Waals surface area contributed by atoms with Crippen LogP contribution in [0.25, 0.3) is 0 Å². The Morgan fingerprint density at radius 1 is 1.22 bits per heavy atom. The average molecular weight is 433 g/mol. The summed E-state index contributed by atoms with van der Waals surface area (Å²) in [4.78, 5) is 4.62. The molecule has 0 unspecified atom stereocenters. The van der Waals surface area contributed by atoms with Crippen LogP contribution >= 0.6 is 24.0 Å². The predicted octanol–water partition coefficient (Wildman–Crippen LogP) is 2.97. The van der Waals surface area contributed by atoms with Crippen LogP contribution in [0.4, 0.5) is 0 Å². The van der Waals surface area contributed by atoms with Gasteiger partial charge in [-0.05, 0) is 50.3 Å². The Morgan fingerprint density at radius 3 is 2.57 bits per heavy atom. The fraction of sp³-hybridized carbons (Fsp3) is 0.588. The van der Waals surface area contributed by atoms with Crippen molar-refractivity contribution < 1.29 is 9.47 Å². The Balaban J connectivity index is 0.00000264. The van der Waals surface area contributed by atoms with E-state index in [-0.39, 0.29) is 24.0 Å². The molecule has 1 saturated carbocycles. The van der Waals surface area contributed by atoms with Crippen molar-refractivity contribution in [1.29, 1.82) is 0 Å². The van der Waals surface area contributed by atoms with Crippen molar-refractivity contribution in [3.63, 3.8) is 0 Å². The molecule has 1 fully saturated rings. The molecule has 0 aliphatic heterocycles. The Hall–Kier alpha value is -1.18. The second-order valence-corrected chi connectivity index (χ2v) is 5.47. The van der Waals surface area contributed by atoms with E-state index in [0.29, 0.717) is 6.04 Å². The van der Waals surface area contributed by atoms with Gasteiger partial charge in [-0.25, -0.2) is 0 Å². The van der Waals surface area contributed by atoms with Crippen LogP contribution in [-0.4, -0.2) is 39.3 Å². The van der Waals surface area contributed by atoms with Crippen LogP contribution in [0.5, 0.6) is 11.5 Å². The molecule has 1 aliphatic rings. The minimum atomic E-state index is 0. The molecule has 1 aliphatic carbocycles. The van der Waals surface area contributed by atoms with Crippen molar-refractivity contribution in [1.82, 2.24) is 10.6 Å². The van der Waals surface area contributed by atoms with Crippen LogP contribution in [0.1, 0.15) is 31.7 Å². The largest absolute Gasteiger partial charge is 0.493 e. The number of halogens is 1. The molecular formula is C17H28IN3O2. The molecule has 0 amide bonds. The first-order chi connectivity index (χ1) is 10.8. The Labute approximate surface area is 156 Å². The van der Waals surface area contributed by atoms with Gasteiger partial charge in [-0.2, -0.15) is 0 Å². The van der Waals surface area contributed by atoms with Gasteiger partial charge < -0.3 is 20.1 Å². The first-order valence-electron chi connectivity index (χ1n) is 8.02. The standard InChI is InChI=1S/C17H27N3O2.HI/c1-4-18-17(20-14-8-9-14)19-11-5-6-13-7-10-15(21-2)16(12-13)22-3;/h7,10,12,14H,4-6,8-9,11H2,1-3H3,(H2,18,19,20);1H. The molecule has 5 nitrogen and oxygen atoms in total. The molecule has 0 radical (unpaired) electrons. The van der Waals surface area contributed by atoms with Crippen molar-refractivity contribution in [3.8, 4) is 11.5 Å². The maximum atomic E-state index is 5.33. The molecule has 0 bridgehead atoms. The van der Waals surface area contributed by atoms with Crippen molar-refractivity contribution in [2.24, 2.45) is 4.99 Å². The molecule has 0 aromatic heterocycles. The van der Waals surface area contributed by atoms with E-state index in [1.54, 1.807) is 14.2 Å². The highest BCUT2D eigenvalue weighted by atomic mass is 127. The molecule has 6 heteroatoms. The lowest BCUT2D eigenvalue weighted by atomic mass is 10.1. The molecule has 130 valence electrons. The van der Waals surface area contributed by atoms with Gasteiger partial charge in [0.15, 0.2) is 17.5 Å². The second kappa shape index (κ2) is 10.6. The van der Waals surface area contributed by atoms with Crippen LogP contribution in [0.15, 0.2) is 23.2 Å². The summed E-state index contributed by atoms with van der Waals surface area (Å²) in [6, 6.07) is 6.70. The van der Waals surface area contributed by atoms with Gasteiger partial charge in [-0.3, -0.25) is 4.99 Å². The Bertz CT molecular complexity index is 505.